The first-order valence-electron chi connectivity index (χ1n) is 6.80. The number of thiophene rings is 1. The van der Waals surface area contributed by atoms with Crippen LogP contribution in [0.15, 0.2) is 30.3 Å². The molecule has 1 aromatic heterocycles. The second kappa shape index (κ2) is 6.63. The normalized spacial score (nSPS) is 12.0. The van der Waals surface area contributed by atoms with E-state index < -0.39 is 0 Å². The van der Waals surface area contributed by atoms with E-state index in [0.717, 1.165) is 0 Å². The average Bonchev–Trinajstić information content (AvgIpc) is 2.77. The first-order chi connectivity index (χ1) is 9.95. The fourth-order valence-electron chi connectivity index (χ4n) is 2.15. The van der Waals surface area contributed by atoms with Crippen molar-refractivity contribution < 1.29 is 9.53 Å². The summed E-state index contributed by atoms with van der Waals surface area (Å²) in [4.78, 5) is 14.4. The van der Waals surface area contributed by atoms with Crippen molar-refractivity contribution in [2.45, 2.75) is 26.8 Å². The van der Waals surface area contributed by atoms with Gasteiger partial charge in [-0.3, -0.25) is 4.79 Å². The molecule has 5 heteroatoms. The van der Waals surface area contributed by atoms with Crippen LogP contribution in [0.4, 0.5) is 5.69 Å². The highest BCUT2D eigenvalue weighted by molar-refractivity contribution is 7.12. The molecule has 21 heavy (non-hydrogen) atoms. The van der Waals surface area contributed by atoms with E-state index in [1.54, 1.807) is 35.6 Å². The number of hydrogen-bond donors (Lipinski definition) is 2. The number of carbonyl (C=O) groups excluding carboxylic acids is 1. The minimum Gasteiger partial charge on any atom is -0.484 e. The van der Waals surface area contributed by atoms with Crippen LogP contribution in [0.3, 0.4) is 0 Å². The van der Waals surface area contributed by atoms with Gasteiger partial charge < -0.3 is 15.8 Å². The Labute approximate surface area is 128 Å². The van der Waals surface area contributed by atoms with Gasteiger partial charge in [0.05, 0.1) is 6.04 Å². The summed E-state index contributed by atoms with van der Waals surface area (Å²) in [5, 5.41) is 2.95. The van der Waals surface area contributed by atoms with E-state index in [9.17, 15) is 4.79 Å². The Balaban J connectivity index is 1.87. The first-order valence-corrected chi connectivity index (χ1v) is 7.62. The lowest BCUT2D eigenvalue weighted by Gasteiger charge is -2.14. The van der Waals surface area contributed by atoms with E-state index in [-0.39, 0.29) is 18.6 Å². The molecule has 1 amide bonds. The predicted molar refractivity (Wildman–Crippen MR) is 86.7 cm³/mol. The molecule has 2 rings (SSSR count). The summed E-state index contributed by atoms with van der Waals surface area (Å²) >= 11 is 1.74. The van der Waals surface area contributed by atoms with Crippen molar-refractivity contribution >= 4 is 22.9 Å². The van der Waals surface area contributed by atoms with Gasteiger partial charge in [-0.05, 0) is 56.7 Å². The molecule has 1 aromatic carbocycles. The number of hydrogen-bond acceptors (Lipinski definition) is 4. The molecule has 0 aliphatic rings. The lowest BCUT2D eigenvalue weighted by Crippen LogP contribution is -2.31. The second-order valence-electron chi connectivity index (χ2n) is 5.02. The molecule has 0 aliphatic carbocycles. The molecule has 1 heterocycles. The standard InChI is InChI=1S/C16H20N2O2S/c1-10-8-15(12(3)21-10)11(2)18-16(19)9-20-14-6-4-13(17)5-7-14/h4-8,11H,9,17H2,1-3H3,(H,18,19). The zero-order valence-electron chi connectivity index (χ0n) is 12.5. The number of rotatable bonds is 5. The largest absolute Gasteiger partial charge is 0.484 e. The van der Waals surface area contributed by atoms with Crippen molar-refractivity contribution in [1.82, 2.24) is 5.32 Å². The van der Waals surface area contributed by atoms with Crippen LogP contribution in [0.1, 0.15) is 28.3 Å². The van der Waals surface area contributed by atoms with Crippen molar-refractivity contribution in [2.24, 2.45) is 0 Å². The molecule has 0 aliphatic heterocycles. The topological polar surface area (TPSA) is 64.3 Å². The van der Waals surface area contributed by atoms with Gasteiger partial charge in [-0.2, -0.15) is 0 Å². The Hall–Kier alpha value is -2.01. The Kier molecular flexibility index (Phi) is 4.85. The third-order valence-electron chi connectivity index (χ3n) is 3.17. The molecule has 1 atom stereocenters. The maximum atomic E-state index is 11.9. The van der Waals surface area contributed by atoms with Crippen LogP contribution in [-0.4, -0.2) is 12.5 Å². The third kappa shape index (κ3) is 4.23. The summed E-state index contributed by atoms with van der Waals surface area (Å²) in [6.07, 6.45) is 0. The van der Waals surface area contributed by atoms with Crippen LogP contribution in [0, 0.1) is 13.8 Å². The SMILES string of the molecule is Cc1cc(C(C)NC(=O)COc2ccc(N)cc2)c(C)s1. The second-order valence-corrected chi connectivity index (χ2v) is 6.48. The van der Waals surface area contributed by atoms with Crippen LogP contribution in [0.5, 0.6) is 5.75 Å². The van der Waals surface area contributed by atoms with Crippen molar-refractivity contribution in [3.63, 3.8) is 0 Å². The molecule has 2 aromatic rings. The van der Waals surface area contributed by atoms with Gasteiger partial charge in [-0.15, -0.1) is 11.3 Å². The molecule has 0 spiro atoms. The summed E-state index contributed by atoms with van der Waals surface area (Å²) in [7, 11) is 0. The van der Waals surface area contributed by atoms with Crippen LogP contribution in [0.25, 0.3) is 0 Å². The number of nitrogens with one attached hydrogen (secondary N) is 1. The van der Waals surface area contributed by atoms with E-state index in [1.165, 1.54) is 15.3 Å². The lowest BCUT2D eigenvalue weighted by atomic mass is 10.1. The fourth-order valence-corrected chi connectivity index (χ4v) is 3.18. The number of carbonyl (C=O) groups is 1. The molecule has 4 nitrogen and oxygen atoms in total. The minimum atomic E-state index is -0.137. The number of anilines is 1. The molecule has 0 saturated carbocycles. The smallest absolute Gasteiger partial charge is 0.258 e. The Morgan fingerprint density at radius 3 is 2.57 bits per heavy atom. The molecular formula is C16H20N2O2S. The zero-order chi connectivity index (χ0) is 15.4. The van der Waals surface area contributed by atoms with Gasteiger partial charge in [0, 0.05) is 15.4 Å². The monoisotopic (exact) mass is 304 g/mol. The molecule has 0 bridgehead atoms. The fraction of sp³-hybridized carbons (Fsp3) is 0.312. The predicted octanol–water partition coefficient (Wildman–Crippen LogP) is 3.20. The molecule has 3 N–H and O–H groups in total. The van der Waals surface area contributed by atoms with Crippen LogP contribution < -0.4 is 15.8 Å². The first kappa shape index (κ1) is 15.4. The van der Waals surface area contributed by atoms with Gasteiger partial charge in [0.1, 0.15) is 5.75 Å². The Bertz CT molecular complexity index is 620. The molecule has 112 valence electrons. The van der Waals surface area contributed by atoms with E-state index in [4.69, 9.17) is 10.5 Å². The van der Waals surface area contributed by atoms with Crippen molar-refractivity contribution in [2.75, 3.05) is 12.3 Å². The molecule has 0 saturated heterocycles. The van der Waals surface area contributed by atoms with E-state index >= 15 is 0 Å². The molecule has 0 fully saturated rings. The number of amides is 1. The van der Waals surface area contributed by atoms with Gasteiger partial charge in [-0.25, -0.2) is 0 Å². The molecule has 1 unspecified atom stereocenters. The summed E-state index contributed by atoms with van der Waals surface area (Å²) in [6, 6.07) is 9.08. The maximum Gasteiger partial charge on any atom is 0.258 e. The summed E-state index contributed by atoms with van der Waals surface area (Å²) < 4.78 is 5.43. The van der Waals surface area contributed by atoms with E-state index in [1.807, 2.05) is 6.92 Å². The number of ether oxygens (including phenoxy) is 1. The lowest BCUT2D eigenvalue weighted by molar-refractivity contribution is -0.123. The number of benzene rings is 1. The third-order valence-corrected chi connectivity index (χ3v) is 4.16. The highest BCUT2D eigenvalue weighted by Gasteiger charge is 2.14. The van der Waals surface area contributed by atoms with Crippen molar-refractivity contribution in [1.29, 1.82) is 0 Å². The van der Waals surface area contributed by atoms with Gasteiger partial charge in [0.15, 0.2) is 6.61 Å². The van der Waals surface area contributed by atoms with E-state index in [0.29, 0.717) is 11.4 Å². The molecular weight excluding hydrogens is 284 g/mol. The van der Waals surface area contributed by atoms with Crippen molar-refractivity contribution in [3.8, 4) is 5.75 Å². The number of nitrogens with two attached hydrogens (primary N) is 1. The van der Waals surface area contributed by atoms with Gasteiger partial charge in [0.25, 0.3) is 5.91 Å². The van der Waals surface area contributed by atoms with E-state index in [2.05, 4.69) is 25.2 Å². The zero-order valence-corrected chi connectivity index (χ0v) is 13.3. The number of aryl methyl sites for hydroxylation is 2. The van der Waals surface area contributed by atoms with Crippen molar-refractivity contribution in [3.05, 3.63) is 45.6 Å². The van der Waals surface area contributed by atoms with Gasteiger partial charge in [0.2, 0.25) is 0 Å². The summed E-state index contributed by atoms with van der Waals surface area (Å²) in [5.74, 6) is 0.497. The van der Waals surface area contributed by atoms with Crippen LogP contribution in [-0.2, 0) is 4.79 Å². The summed E-state index contributed by atoms with van der Waals surface area (Å²) in [6.45, 7) is 6.12. The highest BCUT2D eigenvalue weighted by atomic mass is 32.1. The van der Waals surface area contributed by atoms with Crippen LogP contribution >= 0.6 is 11.3 Å². The maximum absolute atomic E-state index is 11.9. The molecule has 0 radical (unpaired) electrons. The average molecular weight is 304 g/mol. The Morgan fingerprint density at radius 2 is 2.00 bits per heavy atom. The van der Waals surface area contributed by atoms with Crippen LogP contribution in [0.2, 0.25) is 0 Å². The quantitative estimate of drug-likeness (QED) is 0.834. The minimum absolute atomic E-state index is 0.00355. The summed E-state index contributed by atoms with van der Waals surface area (Å²) in [5.41, 5.74) is 7.43. The van der Waals surface area contributed by atoms with Gasteiger partial charge in [-0.1, -0.05) is 0 Å². The highest BCUT2D eigenvalue weighted by Crippen LogP contribution is 2.26. The number of nitrogen functional groups attached to an aromatic ring is 1. The van der Waals surface area contributed by atoms with Gasteiger partial charge >= 0.3 is 0 Å². The Morgan fingerprint density at radius 1 is 1.33 bits per heavy atom.